The van der Waals surface area contributed by atoms with Gasteiger partial charge in [-0.15, -0.1) is 0 Å². The first kappa shape index (κ1) is 18.3. The van der Waals surface area contributed by atoms with Crippen LogP contribution in [-0.2, 0) is 20.8 Å². The third-order valence-corrected chi connectivity index (χ3v) is 5.69. The van der Waals surface area contributed by atoms with Gasteiger partial charge in [0.25, 0.3) is 0 Å². The van der Waals surface area contributed by atoms with Gasteiger partial charge in [0.15, 0.2) is 0 Å². The minimum atomic E-state index is -3.55. The average molecular weight is 332 g/mol. The van der Waals surface area contributed by atoms with Gasteiger partial charge in [0.05, 0.1) is 4.90 Å². The molecule has 1 aromatic carbocycles. The van der Waals surface area contributed by atoms with E-state index in [1.165, 1.54) is 0 Å². The molecular formula is C14H24N2O3S2. The zero-order chi connectivity index (χ0) is 16.0. The molecule has 21 heavy (non-hydrogen) atoms. The molecule has 0 aliphatic heterocycles. The van der Waals surface area contributed by atoms with Crippen molar-refractivity contribution in [3.63, 3.8) is 0 Å². The Kier molecular flexibility index (Phi) is 6.99. The zero-order valence-corrected chi connectivity index (χ0v) is 14.6. The number of benzene rings is 1. The smallest absolute Gasteiger partial charge is 0.240 e. The molecule has 1 rings (SSSR count). The highest BCUT2D eigenvalue weighted by Crippen LogP contribution is 2.17. The van der Waals surface area contributed by atoms with E-state index in [1.807, 2.05) is 20.0 Å². The Morgan fingerprint density at radius 3 is 2.52 bits per heavy atom. The monoisotopic (exact) mass is 332 g/mol. The number of nitrogens with one attached hydrogen (secondary N) is 2. The van der Waals surface area contributed by atoms with Crippen molar-refractivity contribution in [1.82, 2.24) is 10.0 Å². The molecule has 0 bridgehead atoms. The Labute approximate surface area is 130 Å². The standard InChI is InChI=1S/C14H24N2O3S2/c1-11(8-9-20(4)17)16-21(18,19)14-7-5-6-13(10-14)12(2)15-3/h5-7,10-12,15-16H,8-9H2,1-4H3. The summed E-state index contributed by atoms with van der Waals surface area (Å²) in [4.78, 5) is 0.256. The lowest BCUT2D eigenvalue weighted by Crippen LogP contribution is -2.33. The zero-order valence-electron chi connectivity index (χ0n) is 12.9. The molecular weight excluding hydrogens is 308 g/mol. The van der Waals surface area contributed by atoms with Gasteiger partial charge < -0.3 is 5.32 Å². The third kappa shape index (κ3) is 5.86. The summed E-state index contributed by atoms with van der Waals surface area (Å²) < 4.78 is 38.4. The van der Waals surface area contributed by atoms with Gasteiger partial charge in [-0.25, -0.2) is 13.1 Å². The van der Waals surface area contributed by atoms with Crippen molar-refractivity contribution in [2.75, 3.05) is 19.1 Å². The molecule has 0 saturated heterocycles. The molecule has 3 unspecified atom stereocenters. The fourth-order valence-electron chi connectivity index (χ4n) is 1.85. The van der Waals surface area contributed by atoms with Crippen molar-refractivity contribution in [2.45, 2.75) is 37.2 Å². The lowest BCUT2D eigenvalue weighted by atomic mass is 10.1. The van der Waals surface area contributed by atoms with Crippen LogP contribution < -0.4 is 10.0 Å². The van der Waals surface area contributed by atoms with E-state index in [0.29, 0.717) is 12.2 Å². The molecule has 0 spiro atoms. The highest BCUT2D eigenvalue weighted by molar-refractivity contribution is 7.89. The molecule has 0 radical (unpaired) electrons. The van der Waals surface area contributed by atoms with Crippen LogP contribution in [0.15, 0.2) is 29.2 Å². The van der Waals surface area contributed by atoms with Gasteiger partial charge in [-0.2, -0.15) is 0 Å². The maximum absolute atomic E-state index is 12.3. The normalized spacial score (nSPS) is 16.4. The fourth-order valence-corrected chi connectivity index (χ4v) is 3.87. The first-order valence-corrected chi connectivity index (χ1v) is 10.1. The van der Waals surface area contributed by atoms with Crippen LogP contribution in [0.25, 0.3) is 0 Å². The van der Waals surface area contributed by atoms with E-state index < -0.39 is 20.8 Å². The van der Waals surface area contributed by atoms with E-state index in [0.717, 1.165) is 5.56 Å². The van der Waals surface area contributed by atoms with Crippen LogP contribution in [0.3, 0.4) is 0 Å². The first-order chi connectivity index (χ1) is 9.76. The number of rotatable bonds is 8. The van der Waals surface area contributed by atoms with E-state index in [9.17, 15) is 12.6 Å². The van der Waals surface area contributed by atoms with E-state index in [1.54, 1.807) is 31.4 Å². The summed E-state index contributed by atoms with van der Waals surface area (Å²) in [5, 5.41) is 3.08. The molecule has 3 atom stereocenters. The predicted octanol–water partition coefficient (Wildman–Crippen LogP) is 1.40. The lowest BCUT2D eigenvalue weighted by Gasteiger charge is -2.15. The van der Waals surface area contributed by atoms with Gasteiger partial charge in [0.1, 0.15) is 0 Å². The summed E-state index contributed by atoms with van der Waals surface area (Å²) in [5.41, 5.74) is 0.919. The summed E-state index contributed by atoms with van der Waals surface area (Å²) in [6.45, 7) is 3.75. The van der Waals surface area contributed by atoms with Gasteiger partial charge >= 0.3 is 0 Å². The number of hydrogen-bond acceptors (Lipinski definition) is 4. The molecule has 0 saturated carbocycles. The molecule has 2 N–H and O–H groups in total. The average Bonchev–Trinajstić information content (AvgIpc) is 2.44. The second-order valence-electron chi connectivity index (χ2n) is 5.17. The quantitative estimate of drug-likeness (QED) is 0.754. The first-order valence-electron chi connectivity index (χ1n) is 6.86. The van der Waals surface area contributed by atoms with E-state index >= 15 is 0 Å². The topological polar surface area (TPSA) is 75.3 Å². The van der Waals surface area contributed by atoms with Crippen LogP contribution in [-0.4, -0.2) is 37.7 Å². The van der Waals surface area contributed by atoms with Crippen LogP contribution in [0.5, 0.6) is 0 Å². The van der Waals surface area contributed by atoms with E-state index in [2.05, 4.69) is 10.0 Å². The van der Waals surface area contributed by atoms with Crippen LogP contribution >= 0.6 is 0 Å². The minimum absolute atomic E-state index is 0.0834. The van der Waals surface area contributed by atoms with Crippen molar-refractivity contribution >= 4 is 20.8 Å². The summed E-state index contributed by atoms with van der Waals surface area (Å²) in [5.74, 6) is 0.487. The molecule has 0 aliphatic rings. The molecule has 120 valence electrons. The Hall–Kier alpha value is -0.760. The second kappa shape index (κ2) is 8.03. The van der Waals surface area contributed by atoms with Crippen molar-refractivity contribution in [3.8, 4) is 0 Å². The third-order valence-electron chi connectivity index (χ3n) is 3.30. The maximum atomic E-state index is 12.3. The number of sulfonamides is 1. The van der Waals surface area contributed by atoms with Gasteiger partial charge in [-0.05, 0) is 45.0 Å². The predicted molar refractivity (Wildman–Crippen MR) is 87.3 cm³/mol. The van der Waals surface area contributed by atoms with E-state index in [-0.39, 0.29) is 17.0 Å². The van der Waals surface area contributed by atoms with Gasteiger partial charge in [-0.3, -0.25) is 4.21 Å². The van der Waals surface area contributed by atoms with Crippen LogP contribution in [0.4, 0.5) is 0 Å². The second-order valence-corrected chi connectivity index (χ2v) is 8.44. The summed E-state index contributed by atoms with van der Waals surface area (Å²) in [6.07, 6.45) is 2.17. The maximum Gasteiger partial charge on any atom is 0.240 e. The van der Waals surface area contributed by atoms with Crippen LogP contribution in [0, 0.1) is 0 Å². The largest absolute Gasteiger partial charge is 0.313 e. The Bertz CT molecular complexity index is 588. The molecule has 5 nitrogen and oxygen atoms in total. The molecule has 1 aromatic rings. The number of hydrogen-bond donors (Lipinski definition) is 2. The molecule has 0 heterocycles. The summed E-state index contributed by atoms with van der Waals surface area (Å²) in [7, 11) is -2.63. The van der Waals surface area contributed by atoms with Crippen LogP contribution in [0.1, 0.15) is 31.9 Å². The van der Waals surface area contributed by atoms with Crippen LogP contribution in [0.2, 0.25) is 0 Å². The Morgan fingerprint density at radius 2 is 1.95 bits per heavy atom. The molecule has 0 aliphatic carbocycles. The molecule has 7 heteroatoms. The van der Waals surface area contributed by atoms with Gasteiger partial charge in [0.2, 0.25) is 10.0 Å². The summed E-state index contributed by atoms with van der Waals surface area (Å²) >= 11 is 0. The van der Waals surface area contributed by atoms with Gasteiger partial charge in [-0.1, -0.05) is 12.1 Å². The lowest BCUT2D eigenvalue weighted by molar-refractivity contribution is 0.555. The van der Waals surface area contributed by atoms with Crippen molar-refractivity contribution in [2.24, 2.45) is 0 Å². The van der Waals surface area contributed by atoms with E-state index in [4.69, 9.17) is 0 Å². The molecule has 0 fully saturated rings. The minimum Gasteiger partial charge on any atom is -0.313 e. The van der Waals surface area contributed by atoms with Crippen molar-refractivity contribution in [1.29, 1.82) is 0 Å². The highest BCUT2D eigenvalue weighted by atomic mass is 32.2. The molecule has 0 amide bonds. The van der Waals surface area contributed by atoms with Gasteiger partial charge in [0, 0.05) is 34.9 Å². The van der Waals surface area contributed by atoms with Crippen molar-refractivity contribution < 1.29 is 12.6 Å². The Balaban J connectivity index is 2.85. The highest BCUT2D eigenvalue weighted by Gasteiger charge is 2.18. The molecule has 0 aromatic heterocycles. The Morgan fingerprint density at radius 1 is 1.29 bits per heavy atom. The fraction of sp³-hybridized carbons (Fsp3) is 0.571. The SMILES string of the molecule is CNC(C)c1cccc(S(=O)(=O)NC(C)CCS(C)=O)c1. The summed E-state index contributed by atoms with van der Waals surface area (Å²) in [6, 6.07) is 6.73. The van der Waals surface area contributed by atoms with Crippen molar-refractivity contribution in [3.05, 3.63) is 29.8 Å².